The van der Waals surface area contributed by atoms with Gasteiger partial charge in [-0.15, -0.1) is 6.58 Å². The van der Waals surface area contributed by atoms with Gasteiger partial charge in [0, 0.05) is 13.2 Å². The van der Waals surface area contributed by atoms with Crippen LogP contribution in [0.25, 0.3) is 0 Å². The minimum absolute atomic E-state index is 0.0127. The molecule has 0 aromatic rings. The first-order valence-electron chi connectivity index (χ1n) is 13.0. The van der Waals surface area contributed by atoms with E-state index in [0.29, 0.717) is 19.4 Å². The molecule has 210 valence electrons. The Labute approximate surface area is 212 Å². The minimum Gasteiger partial charge on any atom is -0.381 e. The molecular weight excluding hydrogens is 494 g/mol. The van der Waals surface area contributed by atoms with Crippen molar-refractivity contribution >= 4 is 15.6 Å². The molecule has 0 saturated heterocycles. The van der Waals surface area contributed by atoms with E-state index in [1.54, 1.807) is 0 Å². The molecule has 4 N–H and O–H groups in total. The van der Waals surface area contributed by atoms with Gasteiger partial charge in [-0.25, -0.2) is 9.13 Å². The first-order chi connectivity index (χ1) is 16.4. The second kappa shape index (κ2) is 18.2. The van der Waals surface area contributed by atoms with Crippen molar-refractivity contribution < 1.29 is 42.5 Å². The Morgan fingerprint density at radius 2 is 1.11 bits per heavy atom. The number of phosphoric ester groups is 2. The van der Waals surface area contributed by atoms with E-state index < -0.39 is 15.6 Å². The fourth-order valence-corrected chi connectivity index (χ4v) is 5.25. The van der Waals surface area contributed by atoms with E-state index >= 15 is 0 Å². The molecule has 0 amide bonds. The molecule has 0 saturated carbocycles. The maximum atomic E-state index is 10.9. The molecule has 0 aliphatic rings. The summed E-state index contributed by atoms with van der Waals surface area (Å²) in [6.07, 6.45) is 14.0. The summed E-state index contributed by atoms with van der Waals surface area (Å²) in [7, 11) is -8.81. The lowest BCUT2D eigenvalue weighted by Gasteiger charge is -2.32. The van der Waals surface area contributed by atoms with Gasteiger partial charge in [0.05, 0.1) is 13.2 Å². The van der Waals surface area contributed by atoms with Crippen molar-refractivity contribution in [3.63, 3.8) is 0 Å². The fraction of sp³-hybridized carbons (Fsp3) is 0.917. The Balaban J connectivity index is 4.08. The summed E-state index contributed by atoms with van der Waals surface area (Å²) in [6.45, 7) is 11.9. The molecule has 0 aromatic carbocycles. The zero-order chi connectivity index (χ0) is 26.8. The van der Waals surface area contributed by atoms with Gasteiger partial charge in [-0.2, -0.15) is 0 Å². The maximum Gasteiger partial charge on any atom is 0.469 e. The highest BCUT2D eigenvalue weighted by Crippen LogP contribution is 2.40. The van der Waals surface area contributed by atoms with Crippen molar-refractivity contribution in [2.24, 2.45) is 10.8 Å². The van der Waals surface area contributed by atoms with Crippen LogP contribution in [0, 0.1) is 10.8 Å². The van der Waals surface area contributed by atoms with Crippen molar-refractivity contribution in [1.29, 1.82) is 0 Å². The van der Waals surface area contributed by atoms with Crippen LogP contribution < -0.4 is 0 Å². The number of ether oxygens (including phenoxy) is 1. The normalized spacial score (nSPS) is 14.7. The van der Waals surface area contributed by atoms with Gasteiger partial charge in [-0.3, -0.25) is 9.05 Å². The van der Waals surface area contributed by atoms with Crippen LogP contribution in [0.1, 0.15) is 104 Å². The Morgan fingerprint density at radius 3 is 1.54 bits per heavy atom. The van der Waals surface area contributed by atoms with Crippen molar-refractivity contribution in [1.82, 2.24) is 0 Å². The van der Waals surface area contributed by atoms with Gasteiger partial charge >= 0.3 is 15.6 Å². The van der Waals surface area contributed by atoms with Crippen molar-refractivity contribution in [3.05, 3.63) is 12.7 Å². The molecule has 0 rings (SSSR count). The molecule has 9 nitrogen and oxygen atoms in total. The van der Waals surface area contributed by atoms with Crippen LogP contribution >= 0.6 is 15.6 Å². The maximum absolute atomic E-state index is 10.9. The smallest absolute Gasteiger partial charge is 0.381 e. The van der Waals surface area contributed by atoms with E-state index in [9.17, 15) is 9.13 Å². The van der Waals surface area contributed by atoms with Gasteiger partial charge in [0.2, 0.25) is 0 Å². The van der Waals surface area contributed by atoms with Crippen LogP contribution in [0.4, 0.5) is 0 Å². The van der Waals surface area contributed by atoms with Crippen molar-refractivity contribution in [2.45, 2.75) is 104 Å². The lowest BCUT2D eigenvalue weighted by molar-refractivity contribution is 0.114. The quantitative estimate of drug-likeness (QED) is 0.0607. The highest BCUT2D eigenvalue weighted by molar-refractivity contribution is 7.46. The van der Waals surface area contributed by atoms with Crippen LogP contribution in [0.2, 0.25) is 0 Å². The Hall–Kier alpha value is -0.0800. The van der Waals surface area contributed by atoms with Gasteiger partial charge in [0.15, 0.2) is 0 Å². The van der Waals surface area contributed by atoms with E-state index in [1.165, 1.54) is 0 Å². The molecule has 0 radical (unpaired) electrons. The van der Waals surface area contributed by atoms with E-state index in [0.717, 1.165) is 77.2 Å². The van der Waals surface area contributed by atoms with Gasteiger partial charge in [0.1, 0.15) is 0 Å². The third kappa shape index (κ3) is 17.9. The number of hydrogen-bond acceptors (Lipinski definition) is 5. The molecule has 0 aliphatic carbocycles. The van der Waals surface area contributed by atoms with Gasteiger partial charge in [-0.05, 0) is 62.2 Å². The highest BCUT2D eigenvalue weighted by atomic mass is 31.2. The number of unbranched alkanes of at least 4 members (excludes halogenated alkanes) is 3. The number of allylic oxidation sites excluding steroid dienone is 1. The molecule has 0 aliphatic heterocycles. The summed E-state index contributed by atoms with van der Waals surface area (Å²) in [4.78, 5) is 35.3. The number of hydrogen-bond donors (Lipinski definition) is 4. The van der Waals surface area contributed by atoms with Crippen LogP contribution in [0.3, 0.4) is 0 Å². The summed E-state index contributed by atoms with van der Waals surface area (Å²) in [6, 6.07) is 0. The van der Waals surface area contributed by atoms with E-state index in [4.69, 9.17) is 24.3 Å². The molecule has 11 heteroatoms. The molecule has 0 spiro atoms. The molecule has 1 atom stereocenters. The Bertz CT molecular complexity index is 643. The zero-order valence-corrected chi connectivity index (χ0v) is 23.8. The SMILES string of the molecule is C=CC(CC)(CCCCOCCCCC(CC)(CC)CCCCOP(=O)(O)O)CCOP(=O)(O)O. The highest BCUT2D eigenvalue weighted by Gasteiger charge is 2.26. The molecule has 35 heavy (non-hydrogen) atoms. The first-order valence-corrected chi connectivity index (χ1v) is 16.0. The summed E-state index contributed by atoms with van der Waals surface area (Å²) >= 11 is 0. The predicted octanol–water partition coefficient (Wildman–Crippen LogP) is 6.51. The van der Waals surface area contributed by atoms with Crippen molar-refractivity contribution in [2.75, 3.05) is 26.4 Å². The van der Waals surface area contributed by atoms with Crippen molar-refractivity contribution in [3.8, 4) is 0 Å². The summed E-state index contributed by atoms with van der Waals surface area (Å²) in [5.74, 6) is 0. The topological polar surface area (TPSA) is 143 Å². The molecule has 0 bridgehead atoms. The number of phosphoric acid groups is 2. The van der Waals surface area contributed by atoms with Gasteiger partial charge < -0.3 is 24.3 Å². The predicted molar refractivity (Wildman–Crippen MR) is 139 cm³/mol. The standard InChI is InChI=1S/C24H50O9P2/c1-5-23(6-2,16-11-14-21-32-34(25,26)27)15-9-12-19-31-20-13-10-17-24(7-3,8-4)18-22-33-35(28,29)30/h7H,3,5-6,8-22H2,1-2,4H3,(H2,25,26,27)(H2,28,29,30). The Morgan fingerprint density at radius 1 is 0.657 bits per heavy atom. The van der Waals surface area contributed by atoms with E-state index in [1.807, 2.05) is 6.08 Å². The second-order valence-corrected chi connectivity index (χ2v) is 12.0. The molecule has 1 unspecified atom stereocenters. The second-order valence-electron chi connectivity index (χ2n) is 9.51. The zero-order valence-electron chi connectivity index (χ0n) is 22.0. The van der Waals surface area contributed by atoms with Crippen LogP contribution in [0.5, 0.6) is 0 Å². The molecular formula is C24H50O9P2. The van der Waals surface area contributed by atoms with E-state index in [-0.39, 0.29) is 24.0 Å². The third-order valence-corrected chi connectivity index (χ3v) is 8.35. The third-order valence-electron chi connectivity index (χ3n) is 7.32. The largest absolute Gasteiger partial charge is 0.469 e. The number of rotatable bonds is 24. The molecule has 0 aromatic heterocycles. The summed E-state index contributed by atoms with van der Waals surface area (Å²) in [5.41, 5.74) is 0.0839. The lowest BCUT2D eigenvalue weighted by atomic mass is 9.74. The summed E-state index contributed by atoms with van der Waals surface area (Å²) < 4.78 is 36.6. The molecule has 0 heterocycles. The van der Waals surface area contributed by atoms with Gasteiger partial charge in [0.25, 0.3) is 0 Å². The van der Waals surface area contributed by atoms with Crippen LogP contribution in [-0.4, -0.2) is 46.0 Å². The Kier molecular flexibility index (Phi) is 18.2. The molecule has 0 fully saturated rings. The average molecular weight is 545 g/mol. The minimum atomic E-state index is -4.44. The van der Waals surface area contributed by atoms with Gasteiger partial charge in [-0.1, -0.05) is 59.0 Å². The average Bonchev–Trinajstić information content (AvgIpc) is 2.79. The summed E-state index contributed by atoms with van der Waals surface area (Å²) in [5, 5.41) is 0. The monoisotopic (exact) mass is 544 g/mol. The van der Waals surface area contributed by atoms with Crippen LogP contribution in [-0.2, 0) is 22.9 Å². The fourth-order valence-electron chi connectivity index (χ4n) is 4.55. The first kappa shape index (κ1) is 34.9. The van der Waals surface area contributed by atoms with E-state index in [2.05, 4.69) is 36.4 Å². The lowest BCUT2D eigenvalue weighted by Crippen LogP contribution is -2.19. The van der Waals surface area contributed by atoms with Crippen LogP contribution in [0.15, 0.2) is 12.7 Å².